The van der Waals surface area contributed by atoms with Crippen LogP contribution in [-0.4, -0.2) is 93.8 Å². The van der Waals surface area contributed by atoms with Crippen molar-refractivity contribution in [2.75, 3.05) is 39.9 Å². The zero-order valence-corrected chi connectivity index (χ0v) is 17.4. The largest absolute Gasteiger partial charge is 0.494 e. The molecule has 0 saturated carbocycles. The quantitative estimate of drug-likeness (QED) is 0.616. The van der Waals surface area contributed by atoms with Crippen molar-refractivity contribution in [2.45, 2.75) is 12.6 Å². The summed E-state index contributed by atoms with van der Waals surface area (Å²) in [6, 6.07) is 1.98. The third-order valence-corrected chi connectivity index (χ3v) is 5.12. The van der Waals surface area contributed by atoms with Gasteiger partial charge in [0.05, 0.1) is 44.7 Å². The summed E-state index contributed by atoms with van der Waals surface area (Å²) >= 11 is 0. The van der Waals surface area contributed by atoms with E-state index in [-0.39, 0.29) is 23.8 Å². The van der Waals surface area contributed by atoms with Gasteiger partial charge in [0.25, 0.3) is 5.91 Å². The van der Waals surface area contributed by atoms with Crippen LogP contribution < -0.4 is 4.74 Å². The summed E-state index contributed by atoms with van der Waals surface area (Å²) in [6.45, 7) is 4.51. The lowest BCUT2D eigenvalue weighted by Gasteiger charge is -2.22. The van der Waals surface area contributed by atoms with Gasteiger partial charge in [-0.15, -0.1) is 0 Å². The van der Waals surface area contributed by atoms with Crippen LogP contribution in [0.1, 0.15) is 16.2 Å². The lowest BCUT2D eigenvalue weighted by atomic mass is 10.1. The molecule has 2 aliphatic rings. The molecule has 0 bridgehead atoms. The maximum atomic E-state index is 12.7. The number of carboxylic acids is 2. The van der Waals surface area contributed by atoms with Crippen molar-refractivity contribution in [2.24, 2.45) is 5.92 Å². The topological polar surface area (TPSA) is 156 Å². The number of hydrogen-bond acceptors (Lipinski definition) is 9. The number of nitrogens with zero attached hydrogens (tertiary/aromatic N) is 4. The molecule has 2 saturated heterocycles. The van der Waals surface area contributed by atoms with Crippen LogP contribution in [0.4, 0.5) is 0 Å². The number of carbonyl (C=O) groups is 3. The number of rotatable bonds is 4. The zero-order chi connectivity index (χ0) is 23.1. The predicted octanol–water partition coefficient (Wildman–Crippen LogP) is 0.207. The third kappa shape index (κ3) is 6.02. The first-order valence-corrected chi connectivity index (χ1v) is 9.84. The monoisotopic (exact) mass is 448 g/mol. The fraction of sp³-hybridized carbons (Fsp3) is 0.450. The summed E-state index contributed by atoms with van der Waals surface area (Å²) in [5.41, 5.74) is 1.15. The van der Waals surface area contributed by atoms with E-state index in [1.807, 2.05) is 6.07 Å². The fourth-order valence-electron chi connectivity index (χ4n) is 3.59. The zero-order valence-electron chi connectivity index (χ0n) is 17.4. The minimum atomic E-state index is -1.82. The van der Waals surface area contributed by atoms with Gasteiger partial charge in [-0.3, -0.25) is 9.69 Å². The van der Waals surface area contributed by atoms with E-state index < -0.39 is 11.9 Å². The van der Waals surface area contributed by atoms with Gasteiger partial charge in [0.1, 0.15) is 0 Å². The van der Waals surface area contributed by atoms with Gasteiger partial charge in [-0.25, -0.2) is 19.6 Å². The Morgan fingerprint density at radius 2 is 1.88 bits per heavy atom. The molecule has 0 unspecified atom stereocenters. The van der Waals surface area contributed by atoms with Crippen LogP contribution in [0.2, 0.25) is 0 Å². The van der Waals surface area contributed by atoms with Crippen LogP contribution >= 0.6 is 0 Å². The van der Waals surface area contributed by atoms with Crippen LogP contribution in [0.3, 0.4) is 0 Å². The number of furan rings is 1. The molecule has 4 rings (SSSR count). The summed E-state index contributed by atoms with van der Waals surface area (Å²) in [4.78, 5) is 43.2. The van der Waals surface area contributed by atoms with E-state index in [4.69, 9.17) is 33.7 Å². The summed E-state index contributed by atoms with van der Waals surface area (Å²) in [7, 11) is 1.54. The van der Waals surface area contributed by atoms with Crippen LogP contribution in [0.5, 0.6) is 5.75 Å². The molecule has 0 aromatic carbocycles. The lowest BCUT2D eigenvalue weighted by Crippen LogP contribution is -2.34. The highest BCUT2D eigenvalue weighted by Gasteiger charge is 2.39. The summed E-state index contributed by atoms with van der Waals surface area (Å²) < 4.78 is 16.2. The Bertz CT molecular complexity index is 906. The maximum absolute atomic E-state index is 12.7. The molecule has 2 aliphatic heterocycles. The average molecular weight is 448 g/mol. The molecule has 12 heteroatoms. The number of likely N-dealkylation sites (tertiary alicyclic amines) is 1. The van der Waals surface area contributed by atoms with E-state index in [9.17, 15) is 4.79 Å². The molecule has 0 radical (unpaired) electrons. The van der Waals surface area contributed by atoms with Crippen LogP contribution in [0, 0.1) is 5.92 Å². The van der Waals surface area contributed by atoms with Gasteiger partial charge in [-0.1, -0.05) is 0 Å². The van der Waals surface area contributed by atoms with Crippen molar-refractivity contribution in [1.29, 1.82) is 0 Å². The van der Waals surface area contributed by atoms with Gasteiger partial charge in [-0.2, -0.15) is 0 Å². The fourth-order valence-corrected chi connectivity index (χ4v) is 3.59. The summed E-state index contributed by atoms with van der Waals surface area (Å²) in [6.07, 6.45) is 6.55. The van der Waals surface area contributed by atoms with E-state index in [0.29, 0.717) is 25.4 Å². The number of fused-ring (bicyclic) bond motifs is 1. The average Bonchev–Trinajstić information content (AvgIpc) is 3.40. The molecular formula is C20H24N4O8. The van der Waals surface area contributed by atoms with Crippen molar-refractivity contribution >= 4 is 17.8 Å². The minimum Gasteiger partial charge on any atom is -0.494 e. The molecule has 2 N–H and O–H groups in total. The first-order valence-electron chi connectivity index (χ1n) is 9.84. The van der Waals surface area contributed by atoms with Crippen LogP contribution in [-0.2, 0) is 20.9 Å². The molecule has 0 aliphatic carbocycles. The molecule has 172 valence electrons. The molecule has 2 aromatic rings. The van der Waals surface area contributed by atoms with Crippen molar-refractivity contribution in [3.8, 4) is 5.75 Å². The SMILES string of the molecule is COc1cnc(C(=O)N2C[C@@H]3CN(Cc4ccoc4)CCO[C@@H]3C2)nc1.O=C(O)C(=O)O. The number of hydrogen-bond donors (Lipinski definition) is 2. The first-order chi connectivity index (χ1) is 15.4. The number of aromatic nitrogens is 2. The smallest absolute Gasteiger partial charge is 0.414 e. The summed E-state index contributed by atoms with van der Waals surface area (Å²) in [5, 5.41) is 14.8. The van der Waals surface area contributed by atoms with E-state index in [1.54, 1.807) is 24.5 Å². The van der Waals surface area contributed by atoms with Crippen molar-refractivity contribution in [1.82, 2.24) is 19.8 Å². The standard InChI is InChI=1S/C18H22N4O4.C2H2O4/c1-24-15-6-19-17(20-7-15)18(23)22-10-14-9-21(3-5-26-16(14)11-22)8-13-2-4-25-12-13;3-1(4)2(5)6/h2,4,6-7,12,14,16H,3,5,8-11H2,1H3;(H,3,4)(H,5,6)/t14-,16+;/m0./s1. The Balaban J connectivity index is 0.000000427. The van der Waals surface area contributed by atoms with E-state index in [2.05, 4.69) is 14.9 Å². The molecular weight excluding hydrogens is 424 g/mol. The number of ether oxygens (including phenoxy) is 2. The maximum Gasteiger partial charge on any atom is 0.414 e. The normalized spacial score (nSPS) is 20.5. The van der Waals surface area contributed by atoms with Gasteiger partial charge in [0.2, 0.25) is 5.82 Å². The first kappa shape index (κ1) is 23.2. The van der Waals surface area contributed by atoms with E-state index in [0.717, 1.165) is 25.2 Å². The molecule has 4 heterocycles. The molecule has 2 fully saturated rings. The lowest BCUT2D eigenvalue weighted by molar-refractivity contribution is -0.159. The Morgan fingerprint density at radius 3 is 2.47 bits per heavy atom. The molecule has 2 aromatic heterocycles. The summed E-state index contributed by atoms with van der Waals surface area (Å²) in [5.74, 6) is -2.80. The van der Waals surface area contributed by atoms with Gasteiger partial charge >= 0.3 is 11.9 Å². The second-order valence-corrected chi connectivity index (χ2v) is 7.30. The number of aliphatic carboxylic acids is 2. The van der Waals surface area contributed by atoms with Crippen molar-refractivity contribution in [3.63, 3.8) is 0 Å². The second-order valence-electron chi connectivity index (χ2n) is 7.30. The van der Waals surface area contributed by atoms with Crippen LogP contribution in [0.25, 0.3) is 0 Å². The molecule has 0 spiro atoms. The van der Waals surface area contributed by atoms with Gasteiger partial charge in [-0.05, 0) is 6.07 Å². The molecule has 1 amide bonds. The second kappa shape index (κ2) is 10.7. The molecule has 12 nitrogen and oxygen atoms in total. The van der Waals surface area contributed by atoms with Gasteiger partial charge in [0.15, 0.2) is 5.75 Å². The Kier molecular flexibility index (Phi) is 7.73. The van der Waals surface area contributed by atoms with Gasteiger partial charge < -0.3 is 29.0 Å². The predicted molar refractivity (Wildman–Crippen MR) is 107 cm³/mol. The van der Waals surface area contributed by atoms with Gasteiger partial charge in [0, 0.05) is 44.2 Å². The number of amides is 1. The van der Waals surface area contributed by atoms with E-state index >= 15 is 0 Å². The van der Waals surface area contributed by atoms with E-state index in [1.165, 1.54) is 12.4 Å². The third-order valence-electron chi connectivity index (χ3n) is 5.12. The number of carboxylic acid groups (broad SMARTS) is 2. The highest BCUT2D eigenvalue weighted by Crippen LogP contribution is 2.25. The Hall–Kier alpha value is -3.51. The minimum absolute atomic E-state index is 0.0616. The highest BCUT2D eigenvalue weighted by atomic mass is 16.5. The Morgan fingerprint density at radius 1 is 1.16 bits per heavy atom. The van der Waals surface area contributed by atoms with Crippen molar-refractivity contribution in [3.05, 3.63) is 42.4 Å². The molecule has 32 heavy (non-hydrogen) atoms. The van der Waals surface area contributed by atoms with Crippen molar-refractivity contribution < 1.29 is 38.5 Å². The highest BCUT2D eigenvalue weighted by molar-refractivity contribution is 6.27. The Labute approximate surface area is 183 Å². The molecule has 2 atom stereocenters. The number of methoxy groups -OCH3 is 1. The van der Waals surface area contributed by atoms with Crippen LogP contribution in [0.15, 0.2) is 35.4 Å². The number of carbonyl (C=O) groups excluding carboxylic acids is 1.